The first-order valence-corrected chi connectivity index (χ1v) is 7.03. The first-order valence-electron chi connectivity index (χ1n) is 6.11. The zero-order valence-corrected chi connectivity index (χ0v) is 13.3. The van der Waals surface area contributed by atoms with Gasteiger partial charge in [0.25, 0.3) is 0 Å². The number of alkyl halides is 1. The molecule has 1 aromatic carbocycles. The van der Waals surface area contributed by atoms with Crippen molar-refractivity contribution in [2.45, 2.75) is 25.2 Å². The number of rotatable bonds is 5. The van der Waals surface area contributed by atoms with Gasteiger partial charge in [-0.05, 0) is 18.1 Å². The van der Waals surface area contributed by atoms with Gasteiger partial charge in [0.15, 0.2) is 0 Å². The Hall–Kier alpha value is -1.23. The molecule has 0 bridgehead atoms. The smallest absolute Gasteiger partial charge is 0.236 e. The summed E-state index contributed by atoms with van der Waals surface area (Å²) < 4.78 is 5.02. The molecule has 0 aromatic heterocycles. The highest BCUT2D eigenvalue weighted by atomic mass is 79.9. The van der Waals surface area contributed by atoms with Crippen LogP contribution in [0.5, 0.6) is 11.5 Å². The molecule has 1 atom stereocenters. The lowest BCUT2D eigenvalue weighted by Gasteiger charge is -2.23. The third-order valence-electron chi connectivity index (χ3n) is 2.90. The number of nitrogens with zero attached hydrogens (tertiary/aromatic N) is 1. The molecule has 1 aromatic rings. The number of hydrogen-bond donors (Lipinski definition) is 1. The van der Waals surface area contributed by atoms with Crippen LogP contribution in [0.3, 0.4) is 0 Å². The van der Waals surface area contributed by atoms with Crippen molar-refractivity contribution in [3.05, 3.63) is 23.8 Å². The summed E-state index contributed by atoms with van der Waals surface area (Å²) in [6.07, 6.45) is 0. The molecular weight excluding hydrogens is 310 g/mol. The Labute approximate surface area is 122 Å². The third-order valence-corrected chi connectivity index (χ3v) is 4.35. The van der Waals surface area contributed by atoms with Gasteiger partial charge < -0.3 is 14.7 Å². The molecule has 0 saturated carbocycles. The van der Waals surface area contributed by atoms with Crippen LogP contribution in [0, 0.1) is 5.92 Å². The largest absolute Gasteiger partial charge is 0.507 e. The monoisotopic (exact) mass is 329 g/mol. The van der Waals surface area contributed by atoms with E-state index in [4.69, 9.17) is 4.74 Å². The standard InChI is InChI=1S/C14H20BrNO3/c1-9(2)13(15)14(18)16(3)8-10-5-6-11(19-4)7-12(10)17/h5-7,9,13,17H,8H2,1-4H3. The molecule has 106 valence electrons. The highest BCUT2D eigenvalue weighted by Crippen LogP contribution is 2.25. The van der Waals surface area contributed by atoms with Gasteiger partial charge in [-0.3, -0.25) is 4.79 Å². The maximum absolute atomic E-state index is 12.1. The van der Waals surface area contributed by atoms with E-state index in [1.54, 1.807) is 37.3 Å². The second-order valence-electron chi connectivity index (χ2n) is 4.83. The Morgan fingerprint density at radius 2 is 2.11 bits per heavy atom. The summed E-state index contributed by atoms with van der Waals surface area (Å²) >= 11 is 3.39. The van der Waals surface area contributed by atoms with E-state index in [1.165, 1.54) is 0 Å². The first kappa shape index (κ1) is 15.8. The first-order chi connectivity index (χ1) is 8.86. The molecule has 0 fully saturated rings. The van der Waals surface area contributed by atoms with Crippen LogP contribution >= 0.6 is 15.9 Å². The number of phenols is 1. The minimum Gasteiger partial charge on any atom is -0.507 e. The lowest BCUT2D eigenvalue weighted by molar-refractivity contribution is -0.130. The molecular formula is C14H20BrNO3. The van der Waals surface area contributed by atoms with Gasteiger partial charge in [0.1, 0.15) is 11.5 Å². The van der Waals surface area contributed by atoms with Crippen LogP contribution in [0.25, 0.3) is 0 Å². The molecule has 19 heavy (non-hydrogen) atoms. The molecule has 1 amide bonds. The summed E-state index contributed by atoms with van der Waals surface area (Å²) in [5.41, 5.74) is 0.695. The summed E-state index contributed by atoms with van der Waals surface area (Å²) in [5.74, 6) is 0.954. The fraction of sp³-hybridized carbons (Fsp3) is 0.500. The number of aromatic hydroxyl groups is 1. The number of phenolic OH excluding ortho intramolecular Hbond substituents is 1. The van der Waals surface area contributed by atoms with Crippen LogP contribution in [-0.4, -0.2) is 34.9 Å². The highest BCUT2D eigenvalue weighted by Gasteiger charge is 2.22. The van der Waals surface area contributed by atoms with Crippen molar-refractivity contribution in [2.75, 3.05) is 14.2 Å². The van der Waals surface area contributed by atoms with Crippen LogP contribution in [0.4, 0.5) is 0 Å². The number of carbonyl (C=O) groups excluding carboxylic acids is 1. The Kier molecular flexibility index (Phi) is 5.66. The van der Waals surface area contributed by atoms with Gasteiger partial charge in [-0.15, -0.1) is 0 Å². The van der Waals surface area contributed by atoms with Crippen LogP contribution in [-0.2, 0) is 11.3 Å². The van der Waals surface area contributed by atoms with Crippen molar-refractivity contribution in [3.8, 4) is 11.5 Å². The number of methoxy groups -OCH3 is 1. The van der Waals surface area contributed by atoms with Gasteiger partial charge >= 0.3 is 0 Å². The highest BCUT2D eigenvalue weighted by molar-refractivity contribution is 9.10. The fourth-order valence-electron chi connectivity index (χ4n) is 1.63. The van der Waals surface area contributed by atoms with Crippen molar-refractivity contribution in [1.82, 2.24) is 4.90 Å². The van der Waals surface area contributed by atoms with Crippen molar-refractivity contribution < 1.29 is 14.6 Å². The van der Waals surface area contributed by atoms with Gasteiger partial charge in [-0.1, -0.05) is 29.8 Å². The van der Waals surface area contributed by atoms with Crippen LogP contribution < -0.4 is 4.74 Å². The minimum absolute atomic E-state index is 0.00483. The van der Waals surface area contributed by atoms with Crippen LogP contribution in [0.1, 0.15) is 19.4 Å². The molecule has 1 N–H and O–H groups in total. The van der Waals surface area contributed by atoms with Crippen molar-refractivity contribution in [1.29, 1.82) is 0 Å². The lowest BCUT2D eigenvalue weighted by Crippen LogP contribution is -2.35. The average Bonchev–Trinajstić information content (AvgIpc) is 2.38. The van der Waals surface area contributed by atoms with Crippen LogP contribution in [0.2, 0.25) is 0 Å². The minimum atomic E-state index is -0.210. The molecule has 0 saturated heterocycles. The Morgan fingerprint density at radius 1 is 1.47 bits per heavy atom. The van der Waals surface area contributed by atoms with E-state index in [1.807, 2.05) is 13.8 Å². The molecule has 4 nitrogen and oxygen atoms in total. The Balaban J connectivity index is 2.77. The number of hydrogen-bond acceptors (Lipinski definition) is 3. The summed E-state index contributed by atoms with van der Waals surface area (Å²) in [5, 5.41) is 9.87. The maximum Gasteiger partial charge on any atom is 0.236 e. The summed E-state index contributed by atoms with van der Waals surface area (Å²) in [6, 6.07) is 5.07. The second-order valence-corrected chi connectivity index (χ2v) is 5.82. The van der Waals surface area contributed by atoms with E-state index >= 15 is 0 Å². The van der Waals surface area contributed by atoms with E-state index in [0.29, 0.717) is 17.9 Å². The number of halogens is 1. The topological polar surface area (TPSA) is 49.8 Å². The number of ether oxygens (including phenoxy) is 1. The molecule has 0 aliphatic carbocycles. The van der Waals surface area contributed by atoms with Gasteiger partial charge in [0.05, 0.1) is 11.9 Å². The third kappa shape index (κ3) is 4.13. The predicted molar refractivity (Wildman–Crippen MR) is 78.7 cm³/mol. The molecule has 1 unspecified atom stereocenters. The predicted octanol–water partition coefficient (Wildman–Crippen LogP) is 2.78. The van der Waals surface area contributed by atoms with Crippen molar-refractivity contribution in [3.63, 3.8) is 0 Å². The van der Waals surface area contributed by atoms with Crippen molar-refractivity contribution in [2.24, 2.45) is 5.92 Å². The molecule has 0 heterocycles. The molecule has 0 aliphatic heterocycles. The van der Waals surface area contributed by atoms with Gasteiger partial charge in [0.2, 0.25) is 5.91 Å². The molecule has 0 spiro atoms. The van der Waals surface area contributed by atoms with Gasteiger partial charge in [0, 0.05) is 25.2 Å². The Morgan fingerprint density at radius 3 is 2.58 bits per heavy atom. The van der Waals surface area contributed by atoms with Gasteiger partial charge in [-0.2, -0.15) is 0 Å². The van der Waals surface area contributed by atoms with Crippen molar-refractivity contribution >= 4 is 21.8 Å². The second kappa shape index (κ2) is 6.80. The molecule has 1 rings (SSSR count). The van der Waals surface area contributed by atoms with Crippen LogP contribution in [0.15, 0.2) is 18.2 Å². The van der Waals surface area contributed by atoms with Gasteiger partial charge in [-0.25, -0.2) is 0 Å². The SMILES string of the molecule is COc1ccc(CN(C)C(=O)C(Br)C(C)C)c(O)c1. The summed E-state index contributed by atoms with van der Waals surface area (Å²) in [4.78, 5) is 13.5. The van der Waals surface area contributed by atoms with E-state index in [2.05, 4.69) is 15.9 Å². The molecule has 0 aliphatic rings. The van der Waals surface area contributed by atoms with E-state index in [9.17, 15) is 9.90 Å². The zero-order valence-electron chi connectivity index (χ0n) is 11.7. The average molecular weight is 330 g/mol. The zero-order chi connectivity index (χ0) is 14.6. The van der Waals surface area contributed by atoms with E-state index in [-0.39, 0.29) is 22.4 Å². The number of carbonyl (C=O) groups is 1. The molecule has 5 heteroatoms. The number of amides is 1. The normalized spacial score (nSPS) is 12.3. The maximum atomic E-state index is 12.1. The fourth-order valence-corrected chi connectivity index (χ4v) is 1.98. The summed E-state index contributed by atoms with van der Waals surface area (Å²) in [6.45, 7) is 4.33. The number of benzene rings is 1. The van der Waals surface area contributed by atoms with E-state index < -0.39 is 0 Å². The Bertz CT molecular complexity index is 448. The molecule has 0 radical (unpaired) electrons. The van der Waals surface area contributed by atoms with E-state index in [0.717, 1.165) is 0 Å². The lowest BCUT2D eigenvalue weighted by atomic mass is 10.1. The quantitative estimate of drug-likeness (QED) is 0.845. The summed E-state index contributed by atoms with van der Waals surface area (Å²) in [7, 11) is 3.27.